The third-order valence-corrected chi connectivity index (χ3v) is 8.64. The first-order valence-corrected chi connectivity index (χ1v) is 14.2. The lowest BCUT2D eigenvalue weighted by Gasteiger charge is -2.32. The largest absolute Gasteiger partial charge is 0.493 e. The first kappa shape index (κ1) is 27.2. The first-order valence-electron chi connectivity index (χ1n) is 12.7. The number of imidazole rings is 1. The highest BCUT2D eigenvalue weighted by Gasteiger charge is 2.31. The van der Waals surface area contributed by atoms with Crippen molar-refractivity contribution in [3.05, 3.63) is 40.1 Å². The molecule has 0 radical (unpaired) electrons. The van der Waals surface area contributed by atoms with Gasteiger partial charge in [0.1, 0.15) is 11.6 Å². The lowest BCUT2D eigenvalue weighted by molar-refractivity contribution is 0.0657. The number of aliphatic hydroxyl groups is 2. The fourth-order valence-electron chi connectivity index (χ4n) is 4.87. The molecule has 0 saturated carbocycles. The SMILES string of the molecule is CCCc1nc(C)c2c(=O)[nH]c(-c3cc(S(=O)(=O)N4CCC(CC(O)CO)CC4)ccc3OCC)nn12. The summed E-state index contributed by atoms with van der Waals surface area (Å²) in [5, 5.41) is 23.5. The van der Waals surface area contributed by atoms with Crippen LogP contribution in [0.5, 0.6) is 5.75 Å². The fourth-order valence-corrected chi connectivity index (χ4v) is 6.37. The van der Waals surface area contributed by atoms with E-state index in [0.717, 1.165) is 6.42 Å². The quantitative estimate of drug-likeness (QED) is 0.358. The van der Waals surface area contributed by atoms with E-state index in [1.807, 2.05) is 13.8 Å². The summed E-state index contributed by atoms with van der Waals surface area (Å²) in [7, 11) is -3.82. The number of aromatic nitrogens is 4. The molecule has 3 heterocycles. The standard InChI is InChI=1S/C25H35N5O6S/c1-4-6-22-26-16(3)23-25(33)27-24(28-30(22)23)20-14-19(7-8-21(20)36-5-2)37(34,35)29-11-9-17(10-12-29)13-18(32)15-31/h7-8,14,17-18,31-32H,4-6,9-13,15H2,1-3H3,(H,27,28,33). The van der Waals surface area contributed by atoms with Crippen molar-refractivity contribution < 1.29 is 23.4 Å². The van der Waals surface area contributed by atoms with Gasteiger partial charge in [0.15, 0.2) is 11.3 Å². The highest BCUT2D eigenvalue weighted by molar-refractivity contribution is 7.89. The summed E-state index contributed by atoms with van der Waals surface area (Å²) in [5.74, 6) is 1.43. The van der Waals surface area contributed by atoms with Gasteiger partial charge in [-0.05, 0) is 63.6 Å². The second-order valence-corrected chi connectivity index (χ2v) is 11.4. The van der Waals surface area contributed by atoms with Crippen LogP contribution in [-0.4, -0.2) is 74.9 Å². The lowest BCUT2D eigenvalue weighted by Crippen LogP contribution is -2.39. The Kier molecular flexibility index (Phi) is 8.32. The van der Waals surface area contributed by atoms with Crippen LogP contribution in [0.2, 0.25) is 0 Å². The molecule has 12 heteroatoms. The Morgan fingerprint density at radius 2 is 1.97 bits per heavy atom. The van der Waals surface area contributed by atoms with Gasteiger partial charge in [0, 0.05) is 19.5 Å². The van der Waals surface area contributed by atoms with Crippen LogP contribution in [-0.2, 0) is 16.4 Å². The first-order chi connectivity index (χ1) is 17.7. The maximum absolute atomic E-state index is 13.5. The molecule has 3 N–H and O–H groups in total. The van der Waals surface area contributed by atoms with Crippen molar-refractivity contribution in [1.29, 1.82) is 0 Å². The Balaban J connectivity index is 1.71. The Bertz CT molecular complexity index is 1410. The van der Waals surface area contributed by atoms with E-state index in [1.54, 1.807) is 13.0 Å². The van der Waals surface area contributed by atoms with Gasteiger partial charge in [-0.2, -0.15) is 4.31 Å². The summed E-state index contributed by atoms with van der Waals surface area (Å²) in [6.07, 6.45) is 2.34. The number of rotatable bonds is 10. The molecule has 0 amide bonds. The minimum absolute atomic E-state index is 0.0816. The topological polar surface area (TPSA) is 150 Å². The number of aromatic amines is 1. The molecular formula is C25H35N5O6S. The normalized spacial score (nSPS) is 16.4. The number of piperidine rings is 1. The number of benzene rings is 1. The zero-order chi connectivity index (χ0) is 26.7. The maximum atomic E-state index is 13.5. The summed E-state index contributed by atoms with van der Waals surface area (Å²) in [6.45, 7) is 6.30. The Labute approximate surface area is 216 Å². The Hall–Kier alpha value is -2.80. The number of hydrogen-bond acceptors (Lipinski definition) is 8. The zero-order valence-electron chi connectivity index (χ0n) is 21.5. The van der Waals surface area contributed by atoms with E-state index >= 15 is 0 Å². The van der Waals surface area contributed by atoms with Gasteiger partial charge in [-0.3, -0.25) is 4.79 Å². The molecule has 1 fully saturated rings. The van der Waals surface area contributed by atoms with Crippen molar-refractivity contribution in [2.24, 2.45) is 5.92 Å². The number of sulfonamides is 1. The molecule has 1 aliphatic heterocycles. The summed E-state index contributed by atoms with van der Waals surface area (Å²) in [4.78, 5) is 20.4. The van der Waals surface area contributed by atoms with Crippen molar-refractivity contribution in [1.82, 2.24) is 23.9 Å². The van der Waals surface area contributed by atoms with E-state index < -0.39 is 16.1 Å². The fraction of sp³-hybridized carbons (Fsp3) is 0.560. The van der Waals surface area contributed by atoms with Gasteiger partial charge in [0.2, 0.25) is 10.0 Å². The Morgan fingerprint density at radius 1 is 1.24 bits per heavy atom. The molecule has 37 heavy (non-hydrogen) atoms. The predicted octanol–water partition coefficient (Wildman–Crippen LogP) is 1.89. The molecule has 4 rings (SSSR count). The van der Waals surface area contributed by atoms with Crippen molar-refractivity contribution in [3.8, 4) is 17.1 Å². The second-order valence-electron chi connectivity index (χ2n) is 9.44. The van der Waals surface area contributed by atoms with Crippen molar-refractivity contribution in [3.63, 3.8) is 0 Å². The molecule has 1 unspecified atom stereocenters. The molecule has 0 spiro atoms. The summed E-state index contributed by atoms with van der Waals surface area (Å²) >= 11 is 0. The van der Waals surface area contributed by atoms with Gasteiger partial charge in [0.05, 0.1) is 35.5 Å². The number of nitrogens with zero attached hydrogens (tertiary/aromatic N) is 4. The number of ether oxygens (including phenoxy) is 1. The van der Waals surface area contributed by atoms with Crippen LogP contribution in [0.15, 0.2) is 27.9 Å². The van der Waals surface area contributed by atoms with E-state index in [-0.39, 0.29) is 28.8 Å². The van der Waals surface area contributed by atoms with Gasteiger partial charge in [-0.1, -0.05) is 6.92 Å². The summed E-state index contributed by atoms with van der Waals surface area (Å²) in [5.41, 5.74) is 0.958. The van der Waals surface area contributed by atoms with Gasteiger partial charge < -0.3 is 19.9 Å². The van der Waals surface area contributed by atoms with Gasteiger partial charge in [0.25, 0.3) is 5.56 Å². The number of aliphatic hydroxyl groups excluding tert-OH is 2. The molecule has 3 aromatic rings. The smallest absolute Gasteiger partial charge is 0.277 e. The monoisotopic (exact) mass is 533 g/mol. The summed E-state index contributed by atoms with van der Waals surface area (Å²) in [6, 6.07) is 4.59. The average molecular weight is 534 g/mol. The maximum Gasteiger partial charge on any atom is 0.277 e. The molecule has 1 aliphatic rings. The van der Waals surface area contributed by atoms with E-state index in [0.29, 0.717) is 73.7 Å². The Morgan fingerprint density at radius 3 is 2.62 bits per heavy atom. The number of nitrogens with one attached hydrogen (secondary N) is 1. The van der Waals surface area contributed by atoms with Crippen molar-refractivity contribution in [2.75, 3.05) is 26.3 Å². The predicted molar refractivity (Wildman–Crippen MR) is 138 cm³/mol. The minimum atomic E-state index is -3.82. The second kappa shape index (κ2) is 11.3. The third-order valence-electron chi connectivity index (χ3n) is 6.75. The van der Waals surface area contributed by atoms with Crippen molar-refractivity contribution in [2.45, 2.75) is 63.9 Å². The number of aryl methyl sites for hydroxylation is 2. The molecule has 202 valence electrons. The lowest BCUT2D eigenvalue weighted by atomic mass is 9.92. The van der Waals surface area contributed by atoms with Gasteiger partial charge in [-0.25, -0.2) is 17.9 Å². The molecule has 0 bridgehead atoms. The highest BCUT2D eigenvalue weighted by Crippen LogP contribution is 2.33. The highest BCUT2D eigenvalue weighted by atomic mass is 32.2. The summed E-state index contributed by atoms with van der Waals surface area (Å²) < 4.78 is 35.8. The van der Waals surface area contributed by atoms with Crippen LogP contribution in [0.3, 0.4) is 0 Å². The van der Waals surface area contributed by atoms with Gasteiger partial charge in [-0.15, -0.1) is 5.10 Å². The number of hydrogen-bond donors (Lipinski definition) is 3. The van der Waals surface area contributed by atoms with E-state index in [2.05, 4.69) is 15.1 Å². The van der Waals surface area contributed by atoms with Crippen LogP contribution in [0.1, 0.15) is 51.0 Å². The van der Waals surface area contributed by atoms with E-state index in [9.17, 15) is 18.3 Å². The van der Waals surface area contributed by atoms with Gasteiger partial charge >= 0.3 is 0 Å². The molecule has 1 saturated heterocycles. The van der Waals surface area contributed by atoms with Crippen LogP contribution >= 0.6 is 0 Å². The number of H-pyrrole nitrogens is 1. The third kappa shape index (κ3) is 5.57. The molecule has 2 aromatic heterocycles. The van der Waals surface area contributed by atoms with Crippen LogP contribution < -0.4 is 10.3 Å². The van der Waals surface area contributed by atoms with Crippen LogP contribution in [0, 0.1) is 12.8 Å². The van der Waals surface area contributed by atoms with E-state index in [4.69, 9.17) is 9.84 Å². The molecule has 0 aliphatic carbocycles. The number of fused-ring (bicyclic) bond motifs is 1. The minimum Gasteiger partial charge on any atom is -0.493 e. The van der Waals surface area contributed by atoms with E-state index in [1.165, 1.54) is 21.0 Å². The molecule has 1 aromatic carbocycles. The average Bonchev–Trinajstić information content (AvgIpc) is 3.20. The molecule has 11 nitrogen and oxygen atoms in total. The van der Waals surface area contributed by atoms with Crippen LogP contribution in [0.4, 0.5) is 0 Å². The van der Waals surface area contributed by atoms with Crippen molar-refractivity contribution >= 4 is 15.5 Å². The molecule has 1 atom stereocenters. The molecular weight excluding hydrogens is 498 g/mol. The van der Waals surface area contributed by atoms with Crippen LogP contribution in [0.25, 0.3) is 16.9 Å². The zero-order valence-corrected chi connectivity index (χ0v) is 22.3.